The van der Waals surface area contributed by atoms with Gasteiger partial charge in [-0.2, -0.15) is 0 Å². The first-order valence-corrected chi connectivity index (χ1v) is 23.8. The summed E-state index contributed by atoms with van der Waals surface area (Å²) in [5, 5.41) is 0.421. The Morgan fingerprint density at radius 3 is 1.11 bits per heavy atom. The summed E-state index contributed by atoms with van der Waals surface area (Å²) in [5.41, 5.74) is 0. The van der Waals surface area contributed by atoms with Crippen molar-refractivity contribution in [1.29, 1.82) is 0 Å². The van der Waals surface area contributed by atoms with Gasteiger partial charge in [0.2, 0.25) is 0 Å². The number of methoxy groups -OCH3 is 5. The average molecular weight is 1050 g/mol. The summed E-state index contributed by atoms with van der Waals surface area (Å²) in [5.74, 6) is -2.81. The number of hydrogen-bond donors (Lipinski definition) is 0. The summed E-state index contributed by atoms with van der Waals surface area (Å²) in [4.78, 5) is 52.0. The Morgan fingerprint density at radius 1 is 0.431 bits per heavy atom. The lowest BCUT2D eigenvalue weighted by Gasteiger charge is -2.24. The molecule has 72 heavy (non-hydrogen) atoms. The van der Waals surface area contributed by atoms with Crippen LogP contribution in [0.3, 0.4) is 0 Å². The molecule has 6 unspecified atom stereocenters. The molecular weight excluding hydrogens is 962 g/mol. The Bertz CT molecular complexity index is 1350. The third-order valence-electron chi connectivity index (χ3n) is 9.46. The molecule has 25 heteroatoms. The molecule has 0 saturated carbocycles. The van der Waals surface area contributed by atoms with Crippen LogP contribution >= 0.6 is 0 Å². The minimum atomic E-state index is -0.902. The zero-order valence-corrected chi connectivity index (χ0v) is 43.1. The molecule has 0 aromatic heterocycles. The summed E-state index contributed by atoms with van der Waals surface area (Å²) < 4.78 is 107. The van der Waals surface area contributed by atoms with Crippen LogP contribution in [0.2, 0.25) is 0 Å². The number of carbonyl (C=O) groups excluding carboxylic acids is 4. The molecule has 1 fully saturated rings. The highest BCUT2D eigenvalue weighted by molar-refractivity contribution is 6.01. The summed E-state index contributed by atoms with van der Waals surface area (Å²) in [6.45, 7) is 12.8. The molecule has 1 aliphatic rings. The maximum absolute atomic E-state index is 12.1. The van der Waals surface area contributed by atoms with E-state index in [1.165, 1.54) is 12.5 Å². The van der Waals surface area contributed by atoms with E-state index in [0.717, 1.165) is 0 Å². The smallest absolute Gasteiger partial charge is 0.333 e. The molecule has 0 aromatic carbocycles. The Kier molecular flexibility index (Phi) is 43.7. The van der Waals surface area contributed by atoms with Crippen molar-refractivity contribution in [1.82, 2.24) is 5.06 Å². The van der Waals surface area contributed by atoms with Gasteiger partial charge < -0.3 is 94.8 Å². The predicted octanol–water partition coefficient (Wildman–Crippen LogP) is 0.863. The third-order valence-corrected chi connectivity index (χ3v) is 9.46. The summed E-state index contributed by atoms with van der Waals surface area (Å²) >= 11 is 0. The van der Waals surface area contributed by atoms with E-state index in [9.17, 15) is 19.2 Å². The number of hydrogen-bond acceptors (Lipinski definition) is 24. The van der Waals surface area contributed by atoms with Gasteiger partial charge in [-0.15, -0.1) is 5.06 Å². The van der Waals surface area contributed by atoms with Crippen LogP contribution in [0.1, 0.15) is 25.7 Å². The first kappa shape index (κ1) is 66.5. The largest absolute Gasteiger partial charge is 0.499 e. The minimum Gasteiger partial charge on any atom is -0.499 e. The Labute approximate surface area is 424 Å². The first-order valence-electron chi connectivity index (χ1n) is 23.8. The average Bonchev–Trinajstić information content (AvgIpc) is 3.68. The lowest BCUT2D eigenvalue weighted by atomic mass is 10.3. The van der Waals surface area contributed by atoms with Gasteiger partial charge in [0.15, 0.2) is 0 Å². The fourth-order valence-corrected chi connectivity index (χ4v) is 5.82. The number of nitrogens with zero attached hydrogens (tertiary/aromatic N) is 1. The zero-order chi connectivity index (χ0) is 52.7. The van der Waals surface area contributed by atoms with Gasteiger partial charge in [-0.3, -0.25) is 14.4 Å². The topological polar surface area (TPSA) is 256 Å². The predicted molar refractivity (Wildman–Crippen MR) is 252 cm³/mol. The quantitative estimate of drug-likeness (QED) is 0.0354. The molecule has 1 saturated heterocycles. The maximum Gasteiger partial charge on any atom is 0.333 e. The van der Waals surface area contributed by atoms with E-state index in [4.69, 9.17) is 94.8 Å². The van der Waals surface area contributed by atoms with Crippen LogP contribution < -0.4 is 0 Å². The molecule has 6 atom stereocenters. The summed E-state index contributed by atoms with van der Waals surface area (Å²) in [6.07, 6.45) is -0.877. The molecule has 1 aliphatic heterocycles. The van der Waals surface area contributed by atoms with E-state index in [1.54, 1.807) is 35.5 Å². The monoisotopic (exact) mass is 1050 g/mol. The second-order valence-electron chi connectivity index (χ2n) is 15.4. The van der Waals surface area contributed by atoms with Crippen molar-refractivity contribution in [2.24, 2.45) is 0 Å². The molecule has 1 heterocycles. The van der Waals surface area contributed by atoms with Crippen LogP contribution in [0, 0.1) is 0 Å². The van der Waals surface area contributed by atoms with Gasteiger partial charge in [0, 0.05) is 48.4 Å². The standard InChI is InChI=1S/C47H83NO24/c1-8-58-26-39(66-20-14-53-3)29-61-31-41(68-22-16-55-5)33-63-35-43(70-24-18-57-7)37-64-36-42(69-23-17-56-6)34-62-32-40(67-21-15-54-4)30-60-28-38(65-9-2)27-59-19-25-71-46(51)12-13-47(52)72-48-44(49)10-11-45(48)50/h8-9,38-43H,1-2,10-37H2,3-7H3. The molecule has 0 spiro atoms. The fraction of sp³-hybridized carbons (Fsp3) is 0.830. The number of imide groups is 1. The molecule has 0 radical (unpaired) electrons. The van der Waals surface area contributed by atoms with Gasteiger partial charge in [0.05, 0.1) is 171 Å². The van der Waals surface area contributed by atoms with E-state index >= 15 is 0 Å². The van der Waals surface area contributed by atoms with Gasteiger partial charge in [-0.25, -0.2) is 4.79 Å². The molecular formula is C47H83NO24. The molecule has 1 rings (SSSR count). The van der Waals surface area contributed by atoms with E-state index < -0.39 is 54.3 Å². The zero-order valence-electron chi connectivity index (χ0n) is 43.1. The van der Waals surface area contributed by atoms with Crippen LogP contribution in [-0.2, 0) is 114 Å². The highest BCUT2D eigenvalue weighted by atomic mass is 16.7. The molecule has 2 amide bonds. The van der Waals surface area contributed by atoms with Crippen LogP contribution in [-0.4, -0.2) is 260 Å². The molecule has 25 nitrogen and oxygen atoms in total. The van der Waals surface area contributed by atoms with E-state index in [2.05, 4.69) is 13.2 Å². The Morgan fingerprint density at radius 2 is 0.764 bits per heavy atom. The van der Waals surface area contributed by atoms with Gasteiger partial charge in [-0.05, 0) is 0 Å². The first-order chi connectivity index (χ1) is 35.1. The molecule has 420 valence electrons. The molecule has 0 bridgehead atoms. The lowest BCUT2D eigenvalue weighted by Crippen LogP contribution is -2.35. The molecule has 0 N–H and O–H groups in total. The van der Waals surface area contributed by atoms with Crippen LogP contribution in [0.25, 0.3) is 0 Å². The van der Waals surface area contributed by atoms with Crippen molar-refractivity contribution in [3.63, 3.8) is 0 Å². The number of rotatable bonds is 54. The number of ether oxygens (including phenoxy) is 19. The number of carbonyl (C=O) groups is 4. The van der Waals surface area contributed by atoms with Gasteiger partial charge in [0.1, 0.15) is 49.8 Å². The van der Waals surface area contributed by atoms with Crippen molar-refractivity contribution in [3.05, 3.63) is 25.7 Å². The highest BCUT2D eigenvalue weighted by Gasteiger charge is 2.33. The van der Waals surface area contributed by atoms with Gasteiger partial charge in [-0.1, -0.05) is 13.2 Å². The maximum atomic E-state index is 12.1. The lowest BCUT2D eigenvalue weighted by molar-refractivity contribution is -0.197. The van der Waals surface area contributed by atoms with Crippen LogP contribution in [0.4, 0.5) is 0 Å². The third kappa shape index (κ3) is 36.4. The van der Waals surface area contributed by atoms with Gasteiger partial charge in [0.25, 0.3) is 11.8 Å². The fourth-order valence-electron chi connectivity index (χ4n) is 5.82. The van der Waals surface area contributed by atoms with Crippen LogP contribution in [0.15, 0.2) is 25.7 Å². The number of hydroxylamine groups is 2. The number of esters is 1. The summed E-state index contributed by atoms with van der Waals surface area (Å²) in [7, 11) is 7.93. The normalized spacial score (nSPS) is 15.2. The SMILES string of the molecule is C=COCC(COCC(COCC(COCC(COCC(COCC(COCCOC(=O)CCC(=O)ON1C(=O)CCC1=O)OC=C)OCCOC)OCCOC)OCCOC)OCCOC)OCCOC. The second kappa shape index (κ2) is 47.2. The second-order valence-corrected chi connectivity index (χ2v) is 15.4. The molecule has 0 aromatic rings. The highest BCUT2D eigenvalue weighted by Crippen LogP contribution is 2.13. The van der Waals surface area contributed by atoms with Crippen molar-refractivity contribution < 1.29 is 114 Å². The van der Waals surface area contributed by atoms with E-state index in [0.29, 0.717) is 64.5 Å². The van der Waals surface area contributed by atoms with E-state index in [1.807, 2.05) is 0 Å². The summed E-state index contributed by atoms with van der Waals surface area (Å²) in [6, 6.07) is 0. The van der Waals surface area contributed by atoms with Crippen molar-refractivity contribution in [2.45, 2.75) is 62.3 Å². The molecule has 0 aliphatic carbocycles. The van der Waals surface area contributed by atoms with Crippen molar-refractivity contribution in [2.75, 3.05) is 194 Å². The Balaban J connectivity index is 2.66. The van der Waals surface area contributed by atoms with Gasteiger partial charge >= 0.3 is 11.9 Å². The van der Waals surface area contributed by atoms with Crippen molar-refractivity contribution >= 4 is 23.8 Å². The number of amides is 2. The minimum absolute atomic E-state index is 0.0246. The Hall–Kier alpha value is -3.48. The van der Waals surface area contributed by atoms with Crippen LogP contribution in [0.5, 0.6) is 0 Å². The van der Waals surface area contributed by atoms with Crippen molar-refractivity contribution in [3.8, 4) is 0 Å². The van der Waals surface area contributed by atoms with E-state index in [-0.39, 0.29) is 131 Å².